The van der Waals surface area contributed by atoms with Crippen LogP contribution in [-0.2, 0) is 0 Å². The fourth-order valence-electron chi connectivity index (χ4n) is 2.08. The molecule has 0 atom stereocenters. The molecule has 0 aliphatic rings. The minimum absolute atomic E-state index is 0.480. The summed E-state index contributed by atoms with van der Waals surface area (Å²) < 4.78 is 10.7. The van der Waals surface area contributed by atoms with Crippen LogP contribution >= 0.6 is 0 Å². The number of rotatable bonds is 3. The van der Waals surface area contributed by atoms with Gasteiger partial charge in [-0.05, 0) is 17.7 Å². The van der Waals surface area contributed by atoms with Gasteiger partial charge >= 0.3 is 5.95 Å². The zero-order valence-electron chi connectivity index (χ0n) is 10.1. The van der Waals surface area contributed by atoms with E-state index < -0.39 is 0 Å². The highest BCUT2D eigenvalue weighted by atomic mass is 16.6. The topological polar surface area (TPSA) is 35.3 Å². The van der Waals surface area contributed by atoms with Crippen molar-refractivity contribution in [3.05, 3.63) is 48.9 Å². The highest BCUT2D eigenvalue weighted by Gasteiger charge is 2.13. The van der Waals surface area contributed by atoms with E-state index in [4.69, 9.17) is 9.15 Å². The van der Waals surface area contributed by atoms with Gasteiger partial charge in [0.05, 0.1) is 6.61 Å². The van der Waals surface area contributed by atoms with Crippen LogP contribution in [0.2, 0.25) is 0 Å². The lowest BCUT2D eigenvalue weighted by molar-refractivity contribution is 0.259. The van der Waals surface area contributed by atoms with Gasteiger partial charge in [0.1, 0.15) is 0 Å². The number of benzene rings is 2. The molecule has 0 aliphatic carbocycles. The molecule has 0 saturated heterocycles. The summed E-state index contributed by atoms with van der Waals surface area (Å²) in [6, 6.07) is 14.3. The minimum Gasteiger partial charge on any atom is -0.464 e. The first-order chi connectivity index (χ1) is 8.90. The third-order valence-corrected chi connectivity index (χ3v) is 2.86. The lowest BCUT2D eigenvalue weighted by Crippen LogP contribution is -1.92. The number of hydrogen-bond donors (Lipinski definition) is 0. The lowest BCUT2D eigenvalue weighted by atomic mass is 10.0. The van der Waals surface area contributed by atoms with Crippen molar-refractivity contribution in [3.63, 3.8) is 0 Å². The van der Waals surface area contributed by atoms with E-state index in [1.54, 1.807) is 0 Å². The molecule has 1 aromatic heterocycles. The number of aromatic nitrogens is 1. The zero-order valence-corrected chi connectivity index (χ0v) is 10.1. The van der Waals surface area contributed by atoms with Crippen LogP contribution in [0.4, 0.5) is 0 Å². The average molecular weight is 239 g/mol. The normalized spacial score (nSPS) is 10.7. The van der Waals surface area contributed by atoms with Gasteiger partial charge in [0.15, 0.2) is 12.1 Å². The van der Waals surface area contributed by atoms with Crippen molar-refractivity contribution in [1.29, 1.82) is 0 Å². The largest absolute Gasteiger partial charge is 0.464 e. The third kappa shape index (κ3) is 1.74. The molecule has 3 aromatic rings. The quantitative estimate of drug-likeness (QED) is 0.695. The van der Waals surface area contributed by atoms with Gasteiger partial charge in [-0.25, -0.2) is 4.98 Å². The Morgan fingerprint density at radius 2 is 1.94 bits per heavy atom. The third-order valence-electron chi connectivity index (χ3n) is 2.86. The number of oxazole rings is 1. The smallest absolute Gasteiger partial charge is 0.313 e. The number of hydrogen-bond acceptors (Lipinski definition) is 3. The summed E-state index contributed by atoms with van der Waals surface area (Å²) in [6.07, 6.45) is 1.42. The standard InChI is InChI=1S/C15H13NO2/c1-2-17-15-14(16-10-18-15)13-9-5-7-11-6-3-4-8-12(11)13/h3-10H,2H2,1H3. The second-order valence-corrected chi connectivity index (χ2v) is 3.95. The zero-order chi connectivity index (χ0) is 12.4. The molecule has 0 unspecified atom stereocenters. The molecule has 1 heterocycles. The molecule has 3 nitrogen and oxygen atoms in total. The second-order valence-electron chi connectivity index (χ2n) is 3.95. The van der Waals surface area contributed by atoms with Crippen LogP contribution in [0.3, 0.4) is 0 Å². The van der Waals surface area contributed by atoms with E-state index in [0.29, 0.717) is 12.6 Å². The van der Waals surface area contributed by atoms with Crippen LogP contribution in [0.5, 0.6) is 5.95 Å². The van der Waals surface area contributed by atoms with E-state index in [0.717, 1.165) is 16.6 Å². The van der Waals surface area contributed by atoms with Crippen LogP contribution < -0.4 is 4.74 Å². The van der Waals surface area contributed by atoms with E-state index in [1.165, 1.54) is 11.8 Å². The van der Waals surface area contributed by atoms with Gasteiger partial charge in [-0.2, -0.15) is 0 Å². The van der Waals surface area contributed by atoms with Crippen molar-refractivity contribution in [2.45, 2.75) is 6.92 Å². The Morgan fingerprint density at radius 3 is 2.83 bits per heavy atom. The molecule has 3 rings (SSSR count). The van der Waals surface area contributed by atoms with E-state index in [9.17, 15) is 0 Å². The minimum atomic E-state index is 0.480. The van der Waals surface area contributed by atoms with Crippen LogP contribution in [-0.4, -0.2) is 11.6 Å². The number of nitrogens with zero attached hydrogens (tertiary/aromatic N) is 1. The highest BCUT2D eigenvalue weighted by Crippen LogP contribution is 2.33. The van der Waals surface area contributed by atoms with Crippen molar-refractivity contribution in [2.24, 2.45) is 0 Å². The van der Waals surface area contributed by atoms with Gasteiger partial charge < -0.3 is 9.15 Å². The number of fused-ring (bicyclic) bond motifs is 1. The summed E-state index contributed by atoms with van der Waals surface area (Å²) in [5, 5.41) is 2.33. The van der Waals surface area contributed by atoms with E-state index in [-0.39, 0.29) is 0 Å². The molecule has 2 aromatic carbocycles. The summed E-state index contributed by atoms with van der Waals surface area (Å²) in [6.45, 7) is 2.49. The van der Waals surface area contributed by atoms with Crippen molar-refractivity contribution in [2.75, 3.05) is 6.61 Å². The molecule has 3 heteroatoms. The van der Waals surface area contributed by atoms with Crippen LogP contribution in [0.15, 0.2) is 53.3 Å². The molecule has 18 heavy (non-hydrogen) atoms. The molecule has 0 amide bonds. The molecule has 0 fully saturated rings. The van der Waals surface area contributed by atoms with Crippen molar-refractivity contribution >= 4 is 10.8 Å². The Kier molecular flexibility index (Phi) is 2.73. The maximum Gasteiger partial charge on any atom is 0.313 e. The molecule has 0 bridgehead atoms. The molecule has 0 radical (unpaired) electrons. The SMILES string of the molecule is CCOc1ocnc1-c1cccc2ccccc12. The monoisotopic (exact) mass is 239 g/mol. The van der Waals surface area contributed by atoms with Gasteiger partial charge in [0.25, 0.3) is 0 Å². The molecule has 90 valence electrons. The summed E-state index contributed by atoms with van der Waals surface area (Å²) in [4.78, 5) is 4.26. The summed E-state index contributed by atoms with van der Waals surface area (Å²) in [5.74, 6) is 0.480. The van der Waals surface area contributed by atoms with Crippen molar-refractivity contribution < 1.29 is 9.15 Å². The van der Waals surface area contributed by atoms with Crippen molar-refractivity contribution in [1.82, 2.24) is 4.98 Å². The van der Waals surface area contributed by atoms with Crippen molar-refractivity contribution in [3.8, 4) is 17.2 Å². The van der Waals surface area contributed by atoms with E-state index in [1.807, 2.05) is 31.2 Å². The van der Waals surface area contributed by atoms with Gasteiger partial charge in [0, 0.05) is 5.56 Å². The Balaban J connectivity index is 2.22. The second kappa shape index (κ2) is 4.53. The van der Waals surface area contributed by atoms with E-state index in [2.05, 4.69) is 23.2 Å². The molecular weight excluding hydrogens is 226 g/mol. The Bertz CT molecular complexity index is 668. The summed E-state index contributed by atoms with van der Waals surface area (Å²) in [5.41, 5.74) is 1.79. The Morgan fingerprint density at radius 1 is 1.11 bits per heavy atom. The molecular formula is C15H13NO2. The molecule has 0 saturated carbocycles. The Hall–Kier alpha value is -2.29. The van der Waals surface area contributed by atoms with Gasteiger partial charge in [-0.3, -0.25) is 0 Å². The molecule has 0 aliphatic heterocycles. The fourth-order valence-corrected chi connectivity index (χ4v) is 2.08. The maximum absolute atomic E-state index is 5.45. The molecule has 0 N–H and O–H groups in total. The first-order valence-electron chi connectivity index (χ1n) is 5.94. The average Bonchev–Trinajstić information content (AvgIpc) is 2.87. The summed E-state index contributed by atoms with van der Waals surface area (Å²) >= 11 is 0. The fraction of sp³-hybridized carbons (Fsp3) is 0.133. The molecule has 0 spiro atoms. The highest BCUT2D eigenvalue weighted by molar-refractivity contribution is 5.96. The number of ether oxygens (including phenoxy) is 1. The van der Waals surface area contributed by atoms with Gasteiger partial charge in [0.2, 0.25) is 0 Å². The van der Waals surface area contributed by atoms with Crippen LogP contribution in [0.25, 0.3) is 22.0 Å². The first kappa shape index (κ1) is 10.8. The lowest BCUT2D eigenvalue weighted by Gasteiger charge is -2.05. The Labute approximate surface area is 105 Å². The van der Waals surface area contributed by atoms with Gasteiger partial charge in [-0.15, -0.1) is 0 Å². The first-order valence-corrected chi connectivity index (χ1v) is 5.94. The maximum atomic E-state index is 5.45. The van der Waals surface area contributed by atoms with Gasteiger partial charge in [-0.1, -0.05) is 42.5 Å². The van der Waals surface area contributed by atoms with E-state index >= 15 is 0 Å². The van der Waals surface area contributed by atoms with Crippen LogP contribution in [0.1, 0.15) is 6.92 Å². The predicted molar refractivity (Wildman–Crippen MR) is 70.6 cm³/mol. The predicted octanol–water partition coefficient (Wildman–Crippen LogP) is 3.89. The summed E-state index contributed by atoms with van der Waals surface area (Å²) in [7, 11) is 0. The van der Waals surface area contributed by atoms with Crippen LogP contribution in [0, 0.1) is 0 Å².